The molecule has 0 aliphatic rings. The predicted molar refractivity (Wildman–Crippen MR) is 53.1 cm³/mol. The van der Waals surface area contributed by atoms with Crippen LogP contribution in [0, 0.1) is 5.82 Å². The van der Waals surface area contributed by atoms with Gasteiger partial charge in [0.05, 0.1) is 6.54 Å². The molecule has 0 aromatic heterocycles. The van der Waals surface area contributed by atoms with Crippen LogP contribution in [0.2, 0.25) is 0 Å². The number of aliphatic hydroxyl groups is 1. The Morgan fingerprint density at radius 2 is 2.27 bits per heavy atom. The van der Waals surface area contributed by atoms with Crippen LogP contribution in [0.5, 0.6) is 0 Å². The third-order valence-corrected chi connectivity index (χ3v) is 1.92. The van der Waals surface area contributed by atoms with E-state index in [2.05, 4.69) is 5.32 Å². The fourth-order valence-corrected chi connectivity index (χ4v) is 0.948. The molecule has 0 aliphatic heterocycles. The van der Waals surface area contributed by atoms with Gasteiger partial charge in [-0.15, -0.1) is 0 Å². The van der Waals surface area contributed by atoms with Crippen LogP contribution >= 0.6 is 0 Å². The first kappa shape index (κ1) is 11.5. The van der Waals surface area contributed by atoms with Crippen molar-refractivity contribution in [1.29, 1.82) is 0 Å². The van der Waals surface area contributed by atoms with Crippen molar-refractivity contribution in [2.45, 2.75) is 12.5 Å². The second-order valence-corrected chi connectivity index (χ2v) is 3.44. The highest BCUT2D eigenvalue weighted by molar-refractivity contribution is 5.77. The standard InChI is InChI=1S/C10H12FNO3/c1-10(15,9(13)14)6-12-8-4-2-3-7(11)5-8/h2-5,12,15H,6H2,1H3,(H,13,14). The Labute approximate surface area is 86.4 Å². The molecular weight excluding hydrogens is 201 g/mol. The fraction of sp³-hybridized carbons (Fsp3) is 0.300. The molecule has 0 heterocycles. The third-order valence-electron chi connectivity index (χ3n) is 1.92. The van der Waals surface area contributed by atoms with Gasteiger partial charge in [0, 0.05) is 5.69 Å². The molecule has 1 unspecified atom stereocenters. The van der Waals surface area contributed by atoms with Gasteiger partial charge in [-0.05, 0) is 25.1 Å². The molecule has 1 aromatic carbocycles. The van der Waals surface area contributed by atoms with Crippen molar-refractivity contribution in [3.63, 3.8) is 0 Å². The van der Waals surface area contributed by atoms with Gasteiger partial charge >= 0.3 is 5.97 Å². The molecule has 0 bridgehead atoms. The van der Waals surface area contributed by atoms with Crippen molar-refractivity contribution in [2.24, 2.45) is 0 Å². The van der Waals surface area contributed by atoms with E-state index < -0.39 is 17.4 Å². The van der Waals surface area contributed by atoms with E-state index in [-0.39, 0.29) is 6.54 Å². The molecule has 15 heavy (non-hydrogen) atoms. The van der Waals surface area contributed by atoms with E-state index >= 15 is 0 Å². The number of aliphatic carboxylic acids is 1. The van der Waals surface area contributed by atoms with Crippen LogP contribution in [0.1, 0.15) is 6.92 Å². The normalized spacial score (nSPS) is 14.3. The Bertz CT molecular complexity index is 365. The van der Waals surface area contributed by atoms with Crippen LogP contribution in [0.25, 0.3) is 0 Å². The predicted octanol–water partition coefficient (Wildman–Crippen LogP) is 1.07. The number of carboxylic acid groups (broad SMARTS) is 1. The van der Waals surface area contributed by atoms with Crippen LogP contribution in [0.4, 0.5) is 10.1 Å². The highest BCUT2D eigenvalue weighted by atomic mass is 19.1. The van der Waals surface area contributed by atoms with E-state index in [9.17, 15) is 14.3 Å². The molecule has 0 aliphatic carbocycles. The summed E-state index contributed by atoms with van der Waals surface area (Å²) in [6, 6.07) is 5.58. The molecule has 4 nitrogen and oxygen atoms in total. The minimum atomic E-state index is -1.87. The average Bonchev–Trinajstić information content (AvgIpc) is 2.15. The zero-order valence-corrected chi connectivity index (χ0v) is 8.20. The number of rotatable bonds is 4. The summed E-state index contributed by atoms with van der Waals surface area (Å²) < 4.78 is 12.7. The monoisotopic (exact) mass is 213 g/mol. The van der Waals surface area contributed by atoms with E-state index in [1.807, 2.05) is 0 Å². The van der Waals surface area contributed by atoms with Crippen molar-refractivity contribution >= 4 is 11.7 Å². The fourth-order valence-electron chi connectivity index (χ4n) is 0.948. The number of anilines is 1. The second kappa shape index (κ2) is 4.27. The molecule has 5 heteroatoms. The van der Waals surface area contributed by atoms with Crippen LogP contribution in [-0.2, 0) is 4.79 Å². The Kier molecular flexibility index (Phi) is 3.26. The van der Waals surface area contributed by atoms with Crippen LogP contribution in [0.3, 0.4) is 0 Å². The number of halogens is 1. The Hall–Kier alpha value is -1.62. The molecule has 0 amide bonds. The van der Waals surface area contributed by atoms with E-state index in [0.717, 1.165) is 0 Å². The SMILES string of the molecule is CC(O)(CNc1cccc(F)c1)C(=O)O. The number of hydrogen-bond acceptors (Lipinski definition) is 3. The Balaban J connectivity index is 2.61. The molecule has 0 spiro atoms. The number of benzene rings is 1. The van der Waals surface area contributed by atoms with E-state index in [4.69, 9.17) is 5.11 Å². The molecule has 0 saturated heterocycles. The van der Waals surface area contributed by atoms with E-state index in [0.29, 0.717) is 5.69 Å². The van der Waals surface area contributed by atoms with Crippen LogP contribution < -0.4 is 5.32 Å². The maximum atomic E-state index is 12.7. The van der Waals surface area contributed by atoms with Gasteiger partial charge in [0.15, 0.2) is 5.60 Å². The van der Waals surface area contributed by atoms with Crippen molar-refractivity contribution < 1.29 is 19.4 Å². The summed E-state index contributed by atoms with van der Waals surface area (Å²) in [5.74, 6) is -1.75. The summed E-state index contributed by atoms with van der Waals surface area (Å²) in [7, 11) is 0. The summed E-state index contributed by atoms with van der Waals surface area (Å²) >= 11 is 0. The number of nitrogens with one attached hydrogen (secondary N) is 1. The summed E-state index contributed by atoms with van der Waals surface area (Å²) in [5, 5.41) is 20.6. The van der Waals surface area contributed by atoms with Gasteiger partial charge in [-0.1, -0.05) is 6.07 Å². The smallest absolute Gasteiger partial charge is 0.337 e. The molecule has 82 valence electrons. The zero-order chi connectivity index (χ0) is 11.5. The Morgan fingerprint density at radius 1 is 1.60 bits per heavy atom. The lowest BCUT2D eigenvalue weighted by Gasteiger charge is -2.18. The zero-order valence-electron chi connectivity index (χ0n) is 8.20. The van der Waals surface area contributed by atoms with Crippen molar-refractivity contribution in [1.82, 2.24) is 0 Å². The molecule has 3 N–H and O–H groups in total. The van der Waals surface area contributed by atoms with Crippen molar-refractivity contribution in [2.75, 3.05) is 11.9 Å². The quantitative estimate of drug-likeness (QED) is 0.699. The highest BCUT2D eigenvalue weighted by Gasteiger charge is 2.29. The summed E-state index contributed by atoms with van der Waals surface area (Å²) in [6.45, 7) is 0.980. The lowest BCUT2D eigenvalue weighted by atomic mass is 10.1. The van der Waals surface area contributed by atoms with Gasteiger partial charge in [0.25, 0.3) is 0 Å². The molecule has 1 rings (SSSR count). The molecule has 0 fully saturated rings. The van der Waals surface area contributed by atoms with Gasteiger partial charge in [0.1, 0.15) is 5.82 Å². The molecule has 0 radical (unpaired) electrons. The van der Waals surface area contributed by atoms with Gasteiger partial charge < -0.3 is 15.5 Å². The van der Waals surface area contributed by atoms with E-state index in [1.165, 1.54) is 25.1 Å². The van der Waals surface area contributed by atoms with Crippen LogP contribution in [-0.4, -0.2) is 28.3 Å². The molecule has 1 atom stereocenters. The minimum Gasteiger partial charge on any atom is -0.479 e. The minimum absolute atomic E-state index is 0.189. The van der Waals surface area contributed by atoms with Gasteiger partial charge in [0.2, 0.25) is 0 Å². The lowest BCUT2D eigenvalue weighted by molar-refractivity contribution is -0.155. The summed E-state index contributed by atoms with van der Waals surface area (Å²) in [4.78, 5) is 10.5. The lowest BCUT2D eigenvalue weighted by Crippen LogP contribution is -2.41. The number of hydrogen-bond donors (Lipinski definition) is 3. The van der Waals surface area contributed by atoms with Gasteiger partial charge in [-0.2, -0.15) is 0 Å². The Morgan fingerprint density at radius 3 is 2.80 bits per heavy atom. The summed E-state index contributed by atoms with van der Waals surface area (Å²) in [6.07, 6.45) is 0. The summed E-state index contributed by atoms with van der Waals surface area (Å²) in [5.41, 5.74) is -1.44. The van der Waals surface area contributed by atoms with E-state index in [1.54, 1.807) is 6.07 Å². The van der Waals surface area contributed by atoms with Gasteiger partial charge in [-0.3, -0.25) is 0 Å². The topological polar surface area (TPSA) is 69.6 Å². The third kappa shape index (κ3) is 3.21. The molecule has 1 aromatic rings. The van der Waals surface area contributed by atoms with Crippen LogP contribution in [0.15, 0.2) is 24.3 Å². The van der Waals surface area contributed by atoms with Crippen molar-refractivity contribution in [3.8, 4) is 0 Å². The van der Waals surface area contributed by atoms with Crippen molar-refractivity contribution in [3.05, 3.63) is 30.1 Å². The first-order valence-electron chi connectivity index (χ1n) is 4.37. The maximum absolute atomic E-state index is 12.7. The maximum Gasteiger partial charge on any atom is 0.337 e. The molecular formula is C10H12FNO3. The first-order chi connectivity index (χ1) is 6.92. The second-order valence-electron chi connectivity index (χ2n) is 3.44. The highest BCUT2D eigenvalue weighted by Crippen LogP contribution is 2.11. The molecule has 0 saturated carbocycles. The number of carboxylic acids is 1. The average molecular weight is 213 g/mol. The first-order valence-corrected chi connectivity index (χ1v) is 4.37. The van der Waals surface area contributed by atoms with Gasteiger partial charge in [-0.25, -0.2) is 9.18 Å². The largest absolute Gasteiger partial charge is 0.479 e. The number of carbonyl (C=O) groups is 1.